The maximum Gasteiger partial charge on any atom is 0.498 e. The number of hydrogen-bond donors (Lipinski definition) is 0. The Morgan fingerprint density at radius 3 is 2.00 bits per heavy atom. The SMILES string of the molecule is COc1ccc(B2OC(C)(C)C(C)(C)O2)c(OCc2ccccc2)c1OC. The Labute approximate surface area is 161 Å². The third-order valence-corrected chi connectivity index (χ3v) is 5.26. The molecule has 2 aromatic rings. The molecule has 5 nitrogen and oxygen atoms in total. The minimum Gasteiger partial charge on any atom is -0.493 e. The lowest BCUT2D eigenvalue weighted by Gasteiger charge is -2.32. The molecular weight excluding hydrogens is 343 g/mol. The molecule has 0 saturated carbocycles. The van der Waals surface area contributed by atoms with Gasteiger partial charge in [-0.05, 0) is 39.3 Å². The zero-order chi connectivity index (χ0) is 19.7. The first-order valence-electron chi connectivity index (χ1n) is 9.06. The van der Waals surface area contributed by atoms with Crippen molar-refractivity contribution in [2.24, 2.45) is 0 Å². The van der Waals surface area contributed by atoms with E-state index in [2.05, 4.69) is 0 Å². The van der Waals surface area contributed by atoms with Crippen molar-refractivity contribution in [2.75, 3.05) is 14.2 Å². The van der Waals surface area contributed by atoms with Gasteiger partial charge >= 0.3 is 7.12 Å². The van der Waals surface area contributed by atoms with E-state index in [1.165, 1.54) is 0 Å². The van der Waals surface area contributed by atoms with Crippen LogP contribution in [0.4, 0.5) is 0 Å². The van der Waals surface area contributed by atoms with E-state index in [9.17, 15) is 0 Å². The average molecular weight is 370 g/mol. The highest BCUT2D eigenvalue weighted by atomic mass is 16.7. The Bertz CT molecular complexity index is 773. The van der Waals surface area contributed by atoms with Crippen molar-refractivity contribution in [1.82, 2.24) is 0 Å². The fraction of sp³-hybridized carbons (Fsp3) is 0.429. The maximum atomic E-state index is 6.22. The second-order valence-corrected chi connectivity index (χ2v) is 7.58. The summed E-state index contributed by atoms with van der Waals surface area (Å²) in [6, 6.07) is 13.7. The molecule has 1 heterocycles. The summed E-state index contributed by atoms with van der Waals surface area (Å²) < 4.78 is 29.6. The van der Waals surface area contributed by atoms with Crippen molar-refractivity contribution in [3.63, 3.8) is 0 Å². The van der Waals surface area contributed by atoms with Crippen LogP contribution in [0.2, 0.25) is 0 Å². The molecule has 0 aliphatic carbocycles. The minimum absolute atomic E-state index is 0.400. The Morgan fingerprint density at radius 2 is 1.44 bits per heavy atom. The summed E-state index contributed by atoms with van der Waals surface area (Å²) in [6.07, 6.45) is 0. The Kier molecular flexibility index (Phi) is 5.40. The lowest BCUT2D eigenvalue weighted by molar-refractivity contribution is 0.00578. The van der Waals surface area contributed by atoms with E-state index >= 15 is 0 Å². The predicted molar refractivity (Wildman–Crippen MR) is 106 cm³/mol. The lowest BCUT2D eigenvalue weighted by atomic mass is 9.78. The summed E-state index contributed by atoms with van der Waals surface area (Å²) in [5, 5.41) is 0. The van der Waals surface area contributed by atoms with Crippen LogP contribution in [0.5, 0.6) is 17.2 Å². The molecule has 0 unspecified atom stereocenters. The molecule has 0 spiro atoms. The van der Waals surface area contributed by atoms with Gasteiger partial charge in [0.25, 0.3) is 0 Å². The monoisotopic (exact) mass is 370 g/mol. The van der Waals surface area contributed by atoms with Gasteiger partial charge in [0.05, 0.1) is 25.4 Å². The molecule has 27 heavy (non-hydrogen) atoms. The van der Waals surface area contributed by atoms with Gasteiger partial charge in [-0.1, -0.05) is 36.4 Å². The van der Waals surface area contributed by atoms with E-state index in [1.54, 1.807) is 14.2 Å². The highest BCUT2D eigenvalue weighted by molar-refractivity contribution is 6.63. The zero-order valence-corrected chi connectivity index (χ0v) is 16.9. The summed E-state index contributed by atoms with van der Waals surface area (Å²) >= 11 is 0. The third-order valence-electron chi connectivity index (χ3n) is 5.26. The van der Waals surface area contributed by atoms with Gasteiger partial charge in [-0.3, -0.25) is 0 Å². The molecule has 1 fully saturated rings. The molecule has 0 N–H and O–H groups in total. The largest absolute Gasteiger partial charge is 0.498 e. The molecule has 1 saturated heterocycles. The van der Waals surface area contributed by atoms with Gasteiger partial charge in [-0.2, -0.15) is 0 Å². The molecule has 0 bridgehead atoms. The average Bonchev–Trinajstić information content (AvgIpc) is 2.87. The van der Waals surface area contributed by atoms with Gasteiger partial charge in [0.2, 0.25) is 5.75 Å². The second-order valence-electron chi connectivity index (χ2n) is 7.58. The van der Waals surface area contributed by atoms with Crippen LogP contribution < -0.4 is 19.7 Å². The quantitative estimate of drug-likeness (QED) is 0.728. The molecule has 0 atom stereocenters. The topological polar surface area (TPSA) is 46.2 Å². The third kappa shape index (κ3) is 3.78. The van der Waals surface area contributed by atoms with E-state index < -0.39 is 18.3 Å². The number of rotatable bonds is 6. The Hall–Kier alpha value is -2.18. The van der Waals surface area contributed by atoms with Crippen LogP contribution in [-0.2, 0) is 15.9 Å². The molecule has 0 aromatic heterocycles. The second kappa shape index (κ2) is 7.45. The van der Waals surface area contributed by atoms with Crippen molar-refractivity contribution in [1.29, 1.82) is 0 Å². The van der Waals surface area contributed by atoms with E-state index in [0.717, 1.165) is 11.0 Å². The van der Waals surface area contributed by atoms with Crippen molar-refractivity contribution in [3.8, 4) is 17.2 Å². The normalized spacial score (nSPS) is 17.6. The van der Waals surface area contributed by atoms with Gasteiger partial charge in [-0.25, -0.2) is 0 Å². The predicted octanol–water partition coefficient (Wildman–Crippen LogP) is 3.58. The summed E-state index contributed by atoms with van der Waals surface area (Å²) in [6.45, 7) is 8.50. The van der Waals surface area contributed by atoms with Crippen LogP contribution in [0, 0.1) is 0 Å². The van der Waals surface area contributed by atoms with Crippen molar-refractivity contribution >= 4 is 12.6 Å². The fourth-order valence-electron chi connectivity index (χ4n) is 2.95. The fourth-order valence-corrected chi connectivity index (χ4v) is 2.95. The van der Waals surface area contributed by atoms with Crippen LogP contribution in [0.25, 0.3) is 0 Å². The van der Waals surface area contributed by atoms with E-state index in [-0.39, 0.29) is 0 Å². The number of benzene rings is 2. The first-order chi connectivity index (χ1) is 12.8. The highest BCUT2D eigenvalue weighted by Crippen LogP contribution is 2.41. The van der Waals surface area contributed by atoms with Crippen LogP contribution in [0.15, 0.2) is 42.5 Å². The Balaban J connectivity index is 1.98. The lowest BCUT2D eigenvalue weighted by Crippen LogP contribution is -2.41. The highest BCUT2D eigenvalue weighted by Gasteiger charge is 2.52. The van der Waals surface area contributed by atoms with Gasteiger partial charge in [0, 0.05) is 5.46 Å². The minimum atomic E-state index is -0.555. The molecule has 1 aliphatic rings. The van der Waals surface area contributed by atoms with Gasteiger partial charge < -0.3 is 23.5 Å². The summed E-state index contributed by atoms with van der Waals surface area (Å²) in [5.41, 5.74) is 0.952. The van der Waals surface area contributed by atoms with Gasteiger partial charge in [0.15, 0.2) is 11.5 Å². The first kappa shape index (κ1) is 19.6. The van der Waals surface area contributed by atoms with Crippen LogP contribution in [0.3, 0.4) is 0 Å². The smallest absolute Gasteiger partial charge is 0.493 e. The van der Waals surface area contributed by atoms with E-state index in [4.69, 9.17) is 23.5 Å². The van der Waals surface area contributed by atoms with Crippen LogP contribution in [0.1, 0.15) is 33.3 Å². The zero-order valence-electron chi connectivity index (χ0n) is 16.9. The van der Waals surface area contributed by atoms with Crippen molar-refractivity contribution in [3.05, 3.63) is 48.0 Å². The molecular formula is C21H27BO5. The summed E-state index contributed by atoms with van der Waals surface area (Å²) in [5.74, 6) is 1.70. The molecule has 1 aliphatic heterocycles. The molecule has 0 amide bonds. The van der Waals surface area contributed by atoms with E-state index in [0.29, 0.717) is 23.9 Å². The molecule has 144 valence electrons. The number of ether oxygens (including phenoxy) is 3. The molecule has 3 rings (SSSR count). The van der Waals surface area contributed by atoms with E-state index in [1.807, 2.05) is 70.2 Å². The maximum absolute atomic E-state index is 6.22. The van der Waals surface area contributed by atoms with Crippen LogP contribution >= 0.6 is 0 Å². The van der Waals surface area contributed by atoms with Crippen LogP contribution in [-0.4, -0.2) is 32.5 Å². The number of hydrogen-bond acceptors (Lipinski definition) is 5. The number of methoxy groups -OCH3 is 2. The Morgan fingerprint density at radius 1 is 0.815 bits per heavy atom. The summed E-state index contributed by atoms with van der Waals surface area (Å²) in [7, 11) is 2.65. The standard InChI is InChI=1S/C21H27BO5/c1-20(2)21(3,4)27-22(26-20)16-12-13-17(23-5)19(24-6)18(16)25-14-15-10-8-7-9-11-15/h7-13H,14H2,1-6H3. The van der Waals surface area contributed by atoms with Gasteiger partial charge in [-0.15, -0.1) is 0 Å². The van der Waals surface area contributed by atoms with Gasteiger partial charge in [0.1, 0.15) is 6.61 Å². The molecule has 0 radical (unpaired) electrons. The molecule has 6 heteroatoms. The van der Waals surface area contributed by atoms with Crippen molar-refractivity contribution < 1.29 is 23.5 Å². The van der Waals surface area contributed by atoms with Crippen molar-refractivity contribution in [2.45, 2.75) is 45.5 Å². The first-order valence-corrected chi connectivity index (χ1v) is 9.06. The molecule has 2 aromatic carbocycles. The summed E-state index contributed by atoms with van der Waals surface area (Å²) in [4.78, 5) is 0.